The van der Waals surface area contributed by atoms with Crippen LogP contribution in [0.5, 0.6) is 11.5 Å². The largest absolute Gasteiger partial charge is 0.497 e. The van der Waals surface area contributed by atoms with E-state index in [2.05, 4.69) is 50.4 Å². The molecule has 5 nitrogen and oxygen atoms in total. The Hall–Kier alpha value is -2.50. The van der Waals surface area contributed by atoms with Gasteiger partial charge in [-0.25, -0.2) is 0 Å². The van der Waals surface area contributed by atoms with Crippen LogP contribution in [0.3, 0.4) is 0 Å². The highest BCUT2D eigenvalue weighted by molar-refractivity contribution is 5.54. The second-order valence-corrected chi connectivity index (χ2v) is 8.63. The van der Waals surface area contributed by atoms with E-state index in [1.807, 2.05) is 37.3 Å². The van der Waals surface area contributed by atoms with E-state index >= 15 is 0 Å². The molecule has 0 saturated carbocycles. The molecular formula is C27H37NO4. The molecule has 0 spiro atoms. The van der Waals surface area contributed by atoms with Crippen molar-refractivity contribution in [3.63, 3.8) is 0 Å². The van der Waals surface area contributed by atoms with Crippen LogP contribution < -0.4 is 14.8 Å². The molecule has 1 aliphatic heterocycles. The van der Waals surface area contributed by atoms with E-state index in [1.165, 1.54) is 5.56 Å². The Bertz CT molecular complexity index is 876. The molecule has 1 aliphatic rings. The summed E-state index contributed by atoms with van der Waals surface area (Å²) in [4.78, 5) is 0. The van der Waals surface area contributed by atoms with Gasteiger partial charge in [-0.05, 0) is 63.1 Å². The Morgan fingerprint density at radius 1 is 1.09 bits per heavy atom. The van der Waals surface area contributed by atoms with Crippen LogP contribution in [0.2, 0.25) is 0 Å². The quantitative estimate of drug-likeness (QED) is 0.329. The third-order valence-corrected chi connectivity index (χ3v) is 5.71. The van der Waals surface area contributed by atoms with E-state index in [0.717, 1.165) is 42.1 Å². The molecule has 2 aromatic carbocycles. The molecule has 1 N–H and O–H groups in total. The van der Waals surface area contributed by atoms with Crippen molar-refractivity contribution in [2.75, 3.05) is 25.6 Å². The molecule has 2 aromatic rings. The van der Waals surface area contributed by atoms with Crippen molar-refractivity contribution in [3.8, 4) is 11.5 Å². The zero-order valence-corrected chi connectivity index (χ0v) is 20.0. The lowest BCUT2D eigenvalue weighted by Crippen LogP contribution is -2.51. The highest BCUT2D eigenvalue weighted by Gasteiger charge is 2.45. The average molecular weight is 440 g/mol. The number of methoxy groups -OCH3 is 1. The molecule has 5 heteroatoms. The summed E-state index contributed by atoms with van der Waals surface area (Å²) in [6.07, 6.45) is 5.73. The van der Waals surface area contributed by atoms with E-state index in [1.54, 1.807) is 7.11 Å². The van der Waals surface area contributed by atoms with Gasteiger partial charge >= 0.3 is 0 Å². The van der Waals surface area contributed by atoms with Gasteiger partial charge < -0.3 is 24.3 Å². The number of benzene rings is 2. The number of hydrogen-bond acceptors (Lipinski definition) is 5. The van der Waals surface area contributed by atoms with Gasteiger partial charge in [0.1, 0.15) is 29.3 Å². The van der Waals surface area contributed by atoms with Crippen LogP contribution in [0.1, 0.15) is 57.8 Å². The zero-order chi connectivity index (χ0) is 23.0. The van der Waals surface area contributed by atoms with Crippen LogP contribution in [0.15, 0.2) is 54.6 Å². The van der Waals surface area contributed by atoms with Gasteiger partial charge in [0.05, 0.1) is 13.7 Å². The number of ether oxygens (including phenoxy) is 4. The van der Waals surface area contributed by atoms with E-state index < -0.39 is 5.60 Å². The fourth-order valence-corrected chi connectivity index (χ4v) is 3.87. The monoisotopic (exact) mass is 439 g/mol. The summed E-state index contributed by atoms with van der Waals surface area (Å²) in [5.74, 6) is 1.72. The minimum Gasteiger partial charge on any atom is -0.497 e. The van der Waals surface area contributed by atoms with Gasteiger partial charge in [-0.15, -0.1) is 0 Å². The van der Waals surface area contributed by atoms with E-state index in [4.69, 9.17) is 18.9 Å². The Balaban J connectivity index is 1.82. The number of unbranched alkanes of at least 4 members (excludes halogenated alkanes) is 1. The van der Waals surface area contributed by atoms with Crippen molar-refractivity contribution in [3.05, 3.63) is 65.7 Å². The smallest absolute Gasteiger partial charge is 0.132 e. The maximum atomic E-state index is 6.40. The van der Waals surface area contributed by atoms with Crippen molar-refractivity contribution < 1.29 is 18.9 Å². The second kappa shape index (κ2) is 11.4. The highest BCUT2D eigenvalue weighted by Crippen LogP contribution is 2.44. The standard InChI is InChI=1S/C27H37NO4/c1-6-8-16-30-25-23-18-21(28-19-20-10-13-22(29-5)14-11-20)12-15-24(23)32-27(3,4)26(25)31-17-9-7-2/h7,9-15,18,25-26,28H,6,8,16-17,19H2,1-5H3/b9-7+. The molecule has 0 fully saturated rings. The summed E-state index contributed by atoms with van der Waals surface area (Å²) in [6.45, 7) is 10.3. The van der Waals surface area contributed by atoms with Crippen LogP contribution in [0, 0.1) is 0 Å². The molecule has 0 radical (unpaired) electrons. The highest BCUT2D eigenvalue weighted by atomic mass is 16.6. The van der Waals surface area contributed by atoms with Gasteiger partial charge in [0, 0.05) is 24.4 Å². The lowest BCUT2D eigenvalue weighted by Gasteiger charge is -2.44. The predicted molar refractivity (Wildman–Crippen MR) is 130 cm³/mol. The predicted octanol–water partition coefficient (Wildman–Crippen LogP) is 6.30. The normalized spacial score (nSPS) is 19.4. The van der Waals surface area contributed by atoms with Crippen molar-refractivity contribution >= 4 is 5.69 Å². The first-order valence-electron chi connectivity index (χ1n) is 11.5. The third kappa shape index (κ3) is 6.05. The fraction of sp³-hybridized carbons (Fsp3) is 0.481. The Kier molecular flexibility index (Phi) is 8.60. The van der Waals surface area contributed by atoms with Gasteiger partial charge in [-0.3, -0.25) is 0 Å². The van der Waals surface area contributed by atoms with Crippen LogP contribution in [0.25, 0.3) is 0 Å². The van der Waals surface area contributed by atoms with Crippen LogP contribution in [-0.2, 0) is 16.0 Å². The van der Waals surface area contributed by atoms with Crippen LogP contribution in [0.4, 0.5) is 5.69 Å². The van der Waals surface area contributed by atoms with Crippen LogP contribution >= 0.6 is 0 Å². The molecule has 2 unspecified atom stereocenters. The fourth-order valence-electron chi connectivity index (χ4n) is 3.87. The number of fused-ring (bicyclic) bond motifs is 1. The van der Waals surface area contributed by atoms with Crippen molar-refractivity contribution in [2.24, 2.45) is 0 Å². The summed E-state index contributed by atoms with van der Waals surface area (Å²) in [5.41, 5.74) is 2.75. The summed E-state index contributed by atoms with van der Waals surface area (Å²) in [7, 11) is 1.68. The van der Waals surface area contributed by atoms with E-state index in [9.17, 15) is 0 Å². The molecule has 32 heavy (non-hydrogen) atoms. The molecular weight excluding hydrogens is 402 g/mol. The number of rotatable bonds is 11. The molecule has 2 atom stereocenters. The van der Waals surface area contributed by atoms with Crippen LogP contribution in [-0.4, -0.2) is 32.0 Å². The first kappa shape index (κ1) is 24.1. The average Bonchev–Trinajstić information content (AvgIpc) is 2.79. The number of allylic oxidation sites excluding steroid dienone is 1. The molecule has 0 saturated heterocycles. The molecule has 1 heterocycles. The summed E-state index contributed by atoms with van der Waals surface area (Å²) in [6, 6.07) is 14.3. The summed E-state index contributed by atoms with van der Waals surface area (Å²) < 4.78 is 24.3. The first-order valence-corrected chi connectivity index (χ1v) is 11.5. The van der Waals surface area contributed by atoms with Crippen molar-refractivity contribution in [2.45, 2.75) is 64.9 Å². The Morgan fingerprint density at radius 3 is 2.56 bits per heavy atom. The Labute approximate surface area is 192 Å². The van der Waals surface area contributed by atoms with E-state index in [0.29, 0.717) is 13.2 Å². The summed E-state index contributed by atoms with van der Waals surface area (Å²) in [5, 5.41) is 3.52. The van der Waals surface area contributed by atoms with Gasteiger partial charge in [-0.2, -0.15) is 0 Å². The van der Waals surface area contributed by atoms with Gasteiger partial charge in [0.25, 0.3) is 0 Å². The molecule has 0 bridgehead atoms. The molecule has 0 amide bonds. The van der Waals surface area contributed by atoms with Gasteiger partial charge in [-0.1, -0.05) is 37.6 Å². The van der Waals surface area contributed by atoms with Crippen molar-refractivity contribution in [1.29, 1.82) is 0 Å². The lowest BCUT2D eigenvalue weighted by atomic mass is 9.87. The molecule has 0 aliphatic carbocycles. The van der Waals surface area contributed by atoms with E-state index in [-0.39, 0.29) is 12.2 Å². The number of anilines is 1. The molecule has 3 rings (SSSR count). The maximum absolute atomic E-state index is 6.40. The second-order valence-electron chi connectivity index (χ2n) is 8.63. The molecule has 174 valence electrons. The minimum absolute atomic E-state index is 0.187. The summed E-state index contributed by atoms with van der Waals surface area (Å²) >= 11 is 0. The topological polar surface area (TPSA) is 49.0 Å². The third-order valence-electron chi connectivity index (χ3n) is 5.71. The number of nitrogens with one attached hydrogen (secondary N) is 1. The van der Waals surface area contributed by atoms with Gasteiger partial charge in [0.15, 0.2) is 0 Å². The number of hydrogen-bond donors (Lipinski definition) is 1. The maximum Gasteiger partial charge on any atom is 0.132 e. The molecule has 0 aromatic heterocycles. The van der Waals surface area contributed by atoms with Crippen molar-refractivity contribution in [1.82, 2.24) is 0 Å². The minimum atomic E-state index is -0.497. The lowest BCUT2D eigenvalue weighted by molar-refractivity contribution is -0.157. The first-order chi connectivity index (χ1) is 15.5. The van der Waals surface area contributed by atoms with Gasteiger partial charge in [0.2, 0.25) is 0 Å². The SMILES string of the molecule is C/C=C/COC1C(OCCCC)c2cc(NCc3ccc(OC)cc3)ccc2OC1(C)C. The Morgan fingerprint density at radius 2 is 1.88 bits per heavy atom. The zero-order valence-electron chi connectivity index (χ0n) is 20.0.